The number of amides is 1. The highest BCUT2D eigenvalue weighted by molar-refractivity contribution is 5.92. The number of nitrogens with one attached hydrogen (secondary N) is 2. The average Bonchev–Trinajstić information content (AvgIpc) is 2.95. The van der Waals surface area contributed by atoms with Crippen molar-refractivity contribution >= 4 is 5.91 Å². The molecule has 1 aliphatic heterocycles. The number of hydrogen-bond acceptors (Lipinski definition) is 6. The van der Waals surface area contributed by atoms with Gasteiger partial charge in [0.15, 0.2) is 0 Å². The smallest absolute Gasteiger partial charge is 0.326 e. The van der Waals surface area contributed by atoms with Crippen LogP contribution in [0, 0.1) is 0 Å². The molecule has 0 aromatic carbocycles. The van der Waals surface area contributed by atoms with E-state index in [9.17, 15) is 14.4 Å². The molecule has 0 saturated carbocycles. The number of H-pyrrole nitrogens is 2. The molecule has 2 aromatic rings. The Morgan fingerprint density at radius 3 is 2.91 bits per heavy atom. The Morgan fingerprint density at radius 2 is 2.18 bits per heavy atom. The van der Waals surface area contributed by atoms with E-state index in [4.69, 9.17) is 4.74 Å². The highest BCUT2D eigenvalue weighted by Gasteiger charge is 2.29. The van der Waals surface area contributed by atoms with Gasteiger partial charge >= 0.3 is 5.69 Å². The second kappa shape index (κ2) is 5.80. The minimum Gasteiger partial charge on any atom is -0.471 e. The van der Waals surface area contributed by atoms with E-state index in [2.05, 4.69) is 15.0 Å². The van der Waals surface area contributed by atoms with E-state index in [-0.39, 0.29) is 11.8 Å². The van der Waals surface area contributed by atoms with E-state index < -0.39 is 17.2 Å². The Morgan fingerprint density at radius 1 is 1.32 bits per heavy atom. The molecule has 22 heavy (non-hydrogen) atoms. The molecule has 1 amide bonds. The van der Waals surface area contributed by atoms with Gasteiger partial charge in [0.1, 0.15) is 11.8 Å². The summed E-state index contributed by atoms with van der Waals surface area (Å²) < 4.78 is 5.63. The molecule has 0 bridgehead atoms. The van der Waals surface area contributed by atoms with Crippen molar-refractivity contribution in [2.75, 3.05) is 13.1 Å². The maximum atomic E-state index is 12.3. The third-order valence-electron chi connectivity index (χ3n) is 3.25. The summed E-state index contributed by atoms with van der Waals surface area (Å²) in [6.07, 6.45) is 5.00. The maximum Gasteiger partial charge on any atom is 0.326 e. The molecule has 9 heteroatoms. The molecule has 2 N–H and O–H groups in total. The highest BCUT2D eigenvalue weighted by Crippen LogP contribution is 2.16. The summed E-state index contributed by atoms with van der Waals surface area (Å²) in [6, 6.07) is 1.07. The van der Waals surface area contributed by atoms with Gasteiger partial charge in [-0.1, -0.05) is 0 Å². The predicted octanol–water partition coefficient (Wildman–Crippen LogP) is -0.853. The highest BCUT2D eigenvalue weighted by atomic mass is 16.5. The Balaban J connectivity index is 1.68. The van der Waals surface area contributed by atoms with Gasteiger partial charge in [0.2, 0.25) is 5.88 Å². The number of carbonyl (C=O) groups is 1. The maximum absolute atomic E-state index is 12.3. The molecule has 0 radical (unpaired) electrons. The largest absolute Gasteiger partial charge is 0.471 e. The lowest BCUT2D eigenvalue weighted by atomic mass is 10.3. The van der Waals surface area contributed by atoms with E-state index >= 15 is 0 Å². The first-order valence-corrected chi connectivity index (χ1v) is 6.67. The first-order valence-electron chi connectivity index (χ1n) is 6.67. The fraction of sp³-hybridized carbons (Fsp3) is 0.308. The van der Waals surface area contributed by atoms with Gasteiger partial charge in [0, 0.05) is 31.4 Å². The van der Waals surface area contributed by atoms with Gasteiger partial charge < -0.3 is 14.6 Å². The Bertz CT molecular complexity index is 757. The lowest BCUT2D eigenvalue weighted by molar-refractivity contribution is 0.0764. The summed E-state index contributed by atoms with van der Waals surface area (Å²) in [4.78, 5) is 48.5. The van der Waals surface area contributed by atoms with Gasteiger partial charge in [-0.05, 0) is 0 Å². The number of ether oxygens (including phenoxy) is 1. The quantitative estimate of drug-likeness (QED) is 0.761. The van der Waals surface area contributed by atoms with Crippen LogP contribution in [0.1, 0.15) is 16.9 Å². The molecule has 1 unspecified atom stereocenters. The van der Waals surface area contributed by atoms with Gasteiger partial charge in [-0.15, -0.1) is 0 Å². The molecular formula is C13H13N5O4. The molecule has 114 valence electrons. The molecule has 0 spiro atoms. The van der Waals surface area contributed by atoms with Gasteiger partial charge in [-0.25, -0.2) is 9.78 Å². The monoisotopic (exact) mass is 303 g/mol. The molecule has 1 fully saturated rings. The Kier molecular flexibility index (Phi) is 3.69. The molecule has 1 aliphatic rings. The van der Waals surface area contributed by atoms with E-state index in [0.29, 0.717) is 25.4 Å². The van der Waals surface area contributed by atoms with E-state index in [1.54, 1.807) is 6.20 Å². The van der Waals surface area contributed by atoms with Crippen molar-refractivity contribution in [1.29, 1.82) is 0 Å². The number of hydrogen-bond donors (Lipinski definition) is 2. The SMILES string of the molecule is O=C(c1cc(=O)[nH]c(=O)[nH]1)N1CCC(Oc2cnccn2)C1. The van der Waals surface area contributed by atoms with Crippen molar-refractivity contribution in [2.45, 2.75) is 12.5 Å². The van der Waals surface area contributed by atoms with Crippen LogP contribution in [0.15, 0.2) is 34.2 Å². The third-order valence-corrected chi connectivity index (χ3v) is 3.25. The number of nitrogens with zero attached hydrogens (tertiary/aromatic N) is 3. The van der Waals surface area contributed by atoms with Crippen LogP contribution in [-0.2, 0) is 0 Å². The van der Waals surface area contributed by atoms with Crippen molar-refractivity contribution in [3.8, 4) is 5.88 Å². The van der Waals surface area contributed by atoms with E-state index in [1.165, 1.54) is 17.3 Å². The van der Waals surface area contributed by atoms with Crippen LogP contribution in [-0.4, -0.2) is 49.9 Å². The summed E-state index contributed by atoms with van der Waals surface area (Å²) in [5, 5.41) is 0. The van der Waals surface area contributed by atoms with Crippen LogP contribution in [0.2, 0.25) is 0 Å². The van der Waals surface area contributed by atoms with Crippen molar-refractivity contribution in [1.82, 2.24) is 24.8 Å². The predicted molar refractivity (Wildman–Crippen MR) is 74.7 cm³/mol. The average molecular weight is 303 g/mol. The summed E-state index contributed by atoms with van der Waals surface area (Å²) in [5.41, 5.74) is -1.35. The lowest BCUT2D eigenvalue weighted by Crippen LogP contribution is -2.34. The fourth-order valence-electron chi connectivity index (χ4n) is 2.28. The van der Waals surface area contributed by atoms with Crippen LogP contribution < -0.4 is 16.0 Å². The van der Waals surface area contributed by atoms with Crippen molar-refractivity contribution in [2.24, 2.45) is 0 Å². The topological polar surface area (TPSA) is 121 Å². The summed E-state index contributed by atoms with van der Waals surface area (Å²) in [7, 11) is 0. The molecule has 3 heterocycles. The van der Waals surface area contributed by atoms with Gasteiger partial charge in [0.05, 0.1) is 12.7 Å². The minimum absolute atomic E-state index is 0.0334. The lowest BCUT2D eigenvalue weighted by Gasteiger charge is -2.16. The second-order valence-electron chi connectivity index (χ2n) is 4.82. The number of rotatable bonds is 3. The second-order valence-corrected chi connectivity index (χ2v) is 4.82. The van der Waals surface area contributed by atoms with E-state index in [0.717, 1.165) is 6.07 Å². The van der Waals surface area contributed by atoms with Crippen LogP contribution in [0.3, 0.4) is 0 Å². The number of carbonyl (C=O) groups excluding carboxylic acids is 1. The molecular weight excluding hydrogens is 290 g/mol. The minimum atomic E-state index is -0.706. The van der Waals surface area contributed by atoms with E-state index in [1.807, 2.05) is 4.98 Å². The van der Waals surface area contributed by atoms with Crippen molar-refractivity contribution < 1.29 is 9.53 Å². The molecule has 2 aromatic heterocycles. The Hall–Kier alpha value is -2.97. The number of aromatic nitrogens is 4. The zero-order valence-corrected chi connectivity index (χ0v) is 11.5. The molecule has 1 atom stereocenters. The van der Waals surface area contributed by atoms with Gasteiger partial charge in [0.25, 0.3) is 11.5 Å². The molecule has 3 rings (SSSR count). The first-order chi connectivity index (χ1) is 10.6. The van der Waals surface area contributed by atoms with Gasteiger partial charge in [-0.3, -0.25) is 19.6 Å². The van der Waals surface area contributed by atoms with Crippen molar-refractivity contribution in [3.05, 3.63) is 51.2 Å². The summed E-state index contributed by atoms with van der Waals surface area (Å²) in [6.45, 7) is 0.822. The van der Waals surface area contributed by atoms with Gasteiger partial charge in [-0.2, -0.15) is 0 Å². The standard InChI is InChI=1S/C13H13N5O4/c19-10-5-9(16-13(21)17-10)12(20)18-4-1-8(7-18)22-11-6-14-2-3-15-11/h2-3,5-6,8H,1,4,7H2,(H2,16,17,19,21). The molecule has 9 nitrogen and oxygen atoms in total. The van der Waals surface area contributed by atoms with Crippen LogP contribution in [0.5, 0.6) is 5.88 Å². The third kappa shape index (κ3) is 3.03. The fourth-order valence-corrected chi connectivity index (χ4v) is 2.28. The Labute approximate surface area is 124 Å². The first kappa shape index (κ1) is 14.0. The number of likely N-dealkylation sites (tertiary alicyclic amines) is 1. The zero-order valence-electron chi connectivity index (χ0n) is 11.5. The van der Waals surface area contributed by atoms with Crippen LogP contribution >= 0.6 is 0 Å². The van der Waals surface area contributed by atoms with Crippen LogP contribution in [0.25, 0.3) is 0 Å². The summed E-state index contributed by atoms with van der Waals surface area (Å²) in [5.74, 6) is -0.0141. The normalized spacial score (nSPS) is 17.5. The molecule has 1 saturated heterocycles. The van der Waals surface area contributed by atoms with Crippen LogP contribution in [0.4, 0.5) is 0 Å². The summed E-state index contributed by atoms with van der Waals surface area (Å²) >= 11 is 0. The number of aromatic amines is 2. The zero-order chi connectivity index (χ0) is 15.5. The molecule has 0 aliphatic carbocycles. The van der Waals surface area contributed by atoms with Crippen molar-refractivity contribution in [3.63, 3.8) is 0 Å².